The maximum atomic E-state index is 6.18. The third-order valence-electron chi connectivity index (χ3n) is 5.00. The number of hydrogen-bond acceptors (Lipinski definition) is 3. The van der Waals surface area contributed by atoms with Crippen molar-refractivity contribution in [1.82, 2.24) is 10.2 Å². The van der Waals surface area contributed by atoms with Crippen LogP contribution in [-0.2, 0) is 4.74 Å². The molecule has 19 heavy (non-hydrogen) atoms. The molecule has 0 aromatic rings. The highest BCUT2D eigenvalue weighted by molar-refractivity contribution is 5.01. The van der Waals surface area contributed by atoms with E-state index in [1.807, 2.05) is 0 Å². The van der Waals surface area contributed by atoms with E-state index in [9.17, 15) is 0 Å². The van der Waals surface area contributed by atoms with Crippen LogP contribution in [0.4, 0.5) is 0 Å². The van der Waals surface area contributed by atoms with Gasteiger partial charge in [-0.3, -0.25) is 0 Å². The van der Waals surface area contributed by atoms with E-state index >= 15 is 0 Å². The van der Waals surface area contributed by atoms with Gasteiger partial charge in [0.1, 0.15) is 0 Å². The zero-order valence-electron chi connectivity index (χ0n) is 13.0. The first-order valence-corrected chi connectivity index (χ1v) is 8.03. The van der Waals surface area contributed by atoms with Crippen molar-refractivity contribution in [2.24, 2.45) is 5.92 Å². The lowest BCUT2D eigenvalue weighted by molar-refractivity contribution is -0.0704. The zero-order valence-corrected chi connectivity index (χ0v) is 13.0. The second-order valence-electron chi connectivity index (χ2n) is 8.08. The average Bonchev–Trinajstić information content (AvgIpc) is 2.90. The quantitative estimate of drug-likeness (QED) is 0.845. The number of nitrogens with one attached hydrogen (secondary N) is 1. The third kappa shape index (κ3) is 3.32. The number of ether oxygens (including phenoxy) is 1. The van der Waals surface area contributed by atoms with E-state index < -0.39 is 0 Å². The first-order chi connectivity index (χ1) is 8.84. The highest BCUT2D eigenvalue weighted by Crippen LogP contribution is 2.38. The molecule has 2 atom stereocenters. The number of likely N-dealkylation sites (tertiary alicyclic amines) is 1. The largest absolute Gasteiger partial charge is 0.368 e. The van der Waals surface area contributed by atoms with Crippen molar-refractivity contribution in [1.29, 1.82) is 0 Å². The fraction of sp³-hybridized carbons (Fsp3) is 1.00. The SMILES string of the molecule is CC1(C)C[C@@H](N[C@@H]2CCN(CC3CC3)C2)C(C)(C)O1. The first-order valence-electron chi connectivity index (χ1n) is 8.03. The van der Waals surface area contributed by atoms with Crippen LogP contribution in [-0.4, -0.2) is 47.8 Å². The zero-order chi connectivity index (χ0) is 13.7. The van der Waals surface area contributed by atoms with Crippen LogP contribution >= 0.6 is 0 Å². The summed E-state index contributed by atoms with van der Waals surface area (Å²) in [5.41, 5.74) is -0.0130. The molecule has 2 heterocycles. The summed E-state index contributed by atoms with van der Waals surface area (Å²) in [6.45, 7) is 12.8. The van der Waals surface area contributed by atoms with Gasteiger partial charge in [0.25, 0.3) is 0 Å². The minimum absolute atomic E-state index is 0.0213. The smallest absolute Gasteiger partial charge is 0.0787 e. The van der Waals surface area contributed by atoms with E-state index in [4.69, 9.17) is 4.74 Å². The van der Waals surface area contributed by atoms with E-state index in [2.05, 4.69) is 37.9 Å². The summed E-state index contributed by atoms with van der Waals surface area (Å²) in [5, 5.41) is 3.88. The Morgan fingerprint density at radius 3 is 2.47 bits per heavy atom. The summed E-state index contributed by atoms with van der Waals surface area (Å²) in [7, 11) is 0. The third-order valence-corrected chi connectivity index (χ3v) is 5.00. The Kier molecular flexibility index (Phi) is 3.43. The molecule has 0 spiro atoms. The lowest BCUT2D eigenvalue weighted by atomic mass is 9.93. The molecule has 1 N–H and O–H groups in total. The first kappa shape index (κ1) is 13.8. The molecule has 0 unspecified atom stereocenters. The Bertz CT molecular complexity index is 336. The molecule has 2 aliphatic heterocycles. The standard InChI is InChI=1S/C16H30N2O/c1-15(2)9-14(16(3,4)19-15)17-13-7-8-18(11-13)10-12-5-6-12/h12-14,17H,5-11H2,1-4H3/t13-,14-/m1/s1. The molecule has 0 bridgehead atoms. The van der Waals surface area contributed by atoms with Gasteiger partial charge in [-0.25, -0.2) is 0 Å². The molecule has 3 aliphatic rings. The Labute approximate surface area is 118 Å². The Hall–Kier alpha value is -0.120. The van der Waals surface area contributed by atoms with Crippen LogP contribution in [0, 0.1) is 5.92 Å². The van der Waals surface area contributed by atoms with Gasteiger partial charge in [0.2, 0.25) is 0 Å². The van der Waals surface area contributed by atoms with Crippen molar-refractivity contribution >= 4 is 0 Å². The lowest BCUT2D eigenvalue weighted by Crippen LogP contribution is -2.48. The van der Waals surface area contributed by atoms with Gasteiger partial charge in [0.05, 0.1) is 11.2 Å². The molecule has 1 saturated carbocycles. The fourth-order valence-corrected chi connectivity index (χ4v) is 3.91. The number of hydrogen-bond donors (Lipinski definition) is 1. The molecule has 0 aromatic carbocycles. The van der Waals surface area contributed by atoms with Crippen molar-refractivity contribution in [3.8, 4) is 0 Å². The highest BCUT2D eigenvalue weighted by atomic mass is 16.5. The van der Waals surface area contributed by atoms with E-state index in [0.717, 1.165) is 12.3 Å². The normalized spacial score (nSPS) is 37.9. The average molecular weight is 266 g/mol. The molecule has 1 aliphatic carbocycles. The second-order valence-corrected chi connectivity index (χ2v) is 8.08. The van der Waals surface area contributed by atoms with Crippen molar-refractivity contribution in [2.75, 3.05) is 19.6 Å². The van der Waals surface area contributed by atoms with Gasteiger partial charge in [-0.05, 0) is 65.8 Å². The molecular weight excluding hydrogens is 236 g/mol. The molecule has 3 heteroatoms. The molecule has 0 aromatic heterocycles. The van der Waals surface area contributed by atoms with Gasteiger partial charge in [-0.1, -0.05) is 0 Å². The van der Waals surface area contributed by atoms with Gasteiger partial charge < -0.3 is 15.0 Å². The van der Waals surface area contributed by atoms with Crippen molar-refractivity contribution < 1.29 is 4.74 Å². The van der Waals surface area contributed by atoms with E-state index in [-0.39, 0.29) is 11.2 Å². The Morgan fingerprint density at radius 2 is 1.89 bits per heavy atom. The second kappa shape index (κ2) is 4.71. The number of nitrogens with zero attached hydrogens (tertiary/aromatic N) is 1. The number of rotatable bonds is 4. The van der Waals surface area contributed by atoms with Crippen LogP contribution in [0.15, 0.2) is 0 Å². The maximum Gasteiger partial charge on any atom is 0.0787 e. The monoisotopic (exact) mass is 266 g/mol. The van der Waals surface area contributed by atoms with Crippen LogP contribution in [0.5, 0.6) is 0 Å². The predicted molar refractivity (Wildman–Crippen MR) is 78.4 cm³/mol. The highest BCUT2D eigenvalue weighted by Gasteiger charge is 2.46. The lowest BCUT2D eigenvalue weighted by Gasteiger charge is -2.30. The fourth-order valence-electron chi connectivity index (χ4n) is 3.91. The Morgan fingerprint density at radius 1 is 1.16 bits per heavy atom. The van der Waals surface area contributed by atoms with Crippen LogP contribution in [0.2, 0.25) is 0 Å². The van der Waals surface area contributed by atoms with Crippen molar-refractivity contribution in [3.05, 3.63) is 0 Å². The molecule has 0 radical (unpaired) electrons. The molecular formula is C16H30N2O. The Balaban J connectivity index is 1.51. The van der Waals surface area contributed by atoms with Crippen LogP contribution in [0.25, 0.3) is 0 Å². The predicted octanol–water partition coefficient (Wildman–Crippen LogP) is 2.41. The van der Waals surface area contributed by atoms with E-state index in [1.165, 1.54) is 38.9 Å². The van der Waals surface area contributed by atoms with Gasteiger partial charge >= 0.3 is 0 Å². The molecule has 3 fully saturated rings. The molecule has 2 saturated heterocycles. The van der Waals surface area contributed by atoms with Crippen LogP contribution < -0.4 is 5.32 Å². The minimum Gasteiger partial charge on any atom is -0.368 e. The van der Waals surface area contributed by atoms with Gasteiger partial charge in [-0.15, -0.1) is 0 Å². The molecule has 3 rings (SSSR count). The van der Waals surface area contributed by atoms with E-state index in [1.54, 1.807) is 0 Å². The summed E-state index contributed by atoms with van der Waals surface area (Å²) >= 11 is 0. The minimum atomic E-state index is -0.0343. The maximum absolute atomic E-state index is 6.18. The van der Waals surface area contributed by atoms with Crippen LogP contribution in [0.1, 0.15) is 53.4 Å². The molecule has 0 amide bonds. The van der Waals surface area contributed by atoms with E-state index in [0.29, 0.717) is 12.1 Å². The summed E-state index contributed by atoms with van der Waals surface area (Å²) in [5.74, 6) is 1.02. The van der Waals surface area contributed by atoms with Crippen LogP contribution in [0.3, 0.4) is 0 Å². The van der Waals surface area contributed by atoms with Gasteiger partial charge in [0.15, 0.2) is 0 Å². The summed E-state index contributed by atoms with van der Waals surface area (Å²) in [4.78, 5) is 2.66. The molecule has 3 nitrogen and oxygen atoms in total. The van der Waals surface area contributed by atoms with Gasteiger partial charge in [-0.2, -0.15) is 0 Å². The molecule has 110 valence electrons. The topological polar surface area (TPSA) is 24.5 Å². The van der Waals surface area contributed by atoms with Crippen molar-refractivity contribution in [2.45, 2.75) is 76.7 Å². The van der Waals surface area contributed by atoms with Crippen molar-refractivity contribution in [3.63, 3.8) is 0 Å². The summed E-state index contributed by atoms with van der Waals surface area (Å²) in [6, 6.07) is 1.16. The summed E-state index contributed by atoms with van der Waals surface area (Å²) in [6.07, 6.45) is 5.36. The summed E-state index contributed by atoms with van der Waals surface area (Å²) < 4.78 is 6.18. The van der Waals surface area contributed by atoms with Gasteiger partial charge in [0, 0.05) is 25.2 Å².